The van der Waals surface area contributed by atoms with Crippen LogP contribution in [-0.4, -0.2) is 56.2 Å². The summed E-state index contributed by atoms with van der Waals surface area (Å²) in [5, 5.41) is 3.53. The predicted molar refractivity (Wildman–Crippen MR) is 107 cm³/mol. The van der Waals surface area contributed by atoms with Gasteiger partial charge in [-0.1, -0.05) is 27.7 Å². The lowest BCUT2D eigenvalue weighted by Gasteiger charge is -2.39. The average Bonchev–Trinajstić information content (AvgIpc) is 2.69. The molecule has 1 aliphatic rings. The molecule has 1 heterocycles. The fourth-order valence-electron chi connectivity index (χ4n) is 2.91. The number of likely N-dealkylation sites (N-methyl/N-ethyl adjacent to an activating group) is 1. The van der Waals surface area contributed by atoms with Crippen LogP contribution < -0.4 is 5.32 Å². The van der Waals surface area contributed by atoms with Crippen LogP contribution in [0.1, 0.15) is 61.8 Å². The van der Waals surface area contributed by atoms with Crippen LogP contribution in [0.4, 0.5) is 4.79 Å². The van der Waals surface area contributed by atoms with Crippen molar-refractivity contribution in [1.29, 1.82) is 0 Å². The van der Waals surface area contributed by atoms with Gasteiger partial charge in [-0.2, -0.15) is 0 Å². The SMILES string of the molecule is CCNC[C@@H]1C[C@@H](O[Si](C)(C)C(C)(C)C)[C@@H](C)N1C(=O)OC(C)(C)C. The van der Waals surface area contributed by atoms with Crippen LogP contribution in [0.15, 0.2) is 0 Å². The Kier molecular flexibility index (Phi) is 7.15. The summed E-state index contributed by atoms with van der Waals surface area (Å²) in [5.41, 5.74) is -0.488. The first kappa shape index (κ1) is 22.4. The summed E-state index contributed by atoms with van der Waals surface area (Å²) in [4.78, 5) is 14.7. The number of hydrogen-bond acceptors (Lipinski definition) is 4. The molecule has 0 spiro atoms. The minimum absolute atomic E-state index is 0.0210. The molecule has 6 heteroatoms. The van der Waals surface area contributed by atoms with Crippen LogP contribution in [0.25, 0.3) is 0 Å². The van der Waals surface area contributed by atoms with Crippen molar-refractivity contribution in [3.63, 3.8) is 0 Å². The maximum Gasteiger partial charge on any atom is 0.410 e. The molecule has 1 fully saturated rings. The molecule has 1 aliphatic heterocycles. The van der Waals surface area contributed by atoms with Crippen molar-refractivity contribution in [3.8, 4) is 0 Å². The van der Waals surface area contributed by atoms with Crippen LogP contribution in [0.5, 0.6) is 0 Å². The Morgan fingerprint density at radius 1 is 1.20 bits per heavy atom. The molecule has 25 heavy (non-hydrogen) atoms. The van der Waals surface area contributed by atoms with Crippen LogP contribution in [0.2, 0.25) is 18.1 Å². The second-order valence-electron chi connectivity index (χ2n) is 9.74. The van der Waals surface area contributed by atoms with E-state index < -0.39 is 13.9 Å². The molecule has 1 saturated heterocycles. The number of nitrogens with one attached hydrogen (secondary N) is 1. The number of ether oxygens (including phenoxy) is 1. The lowest BCUT2D eigenvalue weighted by molar-refractivity contribution is 0.0117. The lowest BCUT2D eigenvalue weighted by atomic mass is 10.1. The van der Waals surface area contributed by atoms with Crippen molar-refractivity contribution in [2.75, 3.05) is 13.1 Å². The summed E-state index contributed by atoms with van der Waals surface area (Å²) in [6, 6.07) is 0.132. The van der Waals surface area contributed by atoms with Gasteiger partial charge in [-0.3, -0.25) is 4.90 Å². The summed E-state index contributed by atoms with van der Waals surface area (Å²) in [6.07, 6.45) is 0.696. The molecule has 1 amide bonds. The normalized spacial score (nSPS) is 25.4. The molecule has 0 saturated carbocycles. The van der Waals surface area contributed by atoms with Crippen molar-refractivity contribution in [3.05, 3.63) is 0 Å². The number of carbonyl (C=O) groups is 1. The summed E-state index contributed by atoms with van der Waals surface area (Å²) < 4.78 is 12.3. The zero-order valence-corrected chi connectivity index (χ0v) is 19.0. The van der Waals surface area contributed by atoms with E-state index >= 15 is 0 Å². The molecule has 1 N–H and O–H groups in total. The van der Waals surface area contributed by atoms with Crippen LogP contribution in [0.3, 0.4) is 0 Å². The van der Waals surface area contributed by atoms with Gasteiger partial charge in [0.05, 0.1) is 18.2 Å². The summed E-state index contributed by atoms with van der Waals surface area (Å²) in [6.45, 7) is 22.9. The number of amides is 1. The van der Waals surface area contributed by atoms with Crippen molar-refractivity contribution in [2.45, 2.75) is 104 Å². The highest BCUT2D eigenvalue weighted by molar-refractivity contribution is 6.74. The van der Waals surface area contributed by atoms with Crippen LogP contribution in [-0.2, 0) is 9.16 Å². The molecule has 148 valence electrons. The summed E-state index contributed by atoms with van der Waals surface area (Å²) >= 11 is 0. The van der Waals surface area contributed by atoms with E-state index in [4.69, 9.17) is 9.16 Å². The predicted octanol–water partition coefficient (Wildman–Crippen LogP) is 4.38. The number of hydrogen-bond donors (Lipinski definition) is 1. The number of nitrogens with zero attached hydrogens (tertiary/aromatic N) is 1. The maximum atomic E-state index is 12.8. The van der Waals surface area contributed by atoms with Crippen molar-refractivity contribution in [1.82, 2.24) is 10.2 Å². The van der Waals surface area contributed by atoms with Gasteiger partial charge in [-0.25, -0.2) is 4.79 Å². The van der Waals surface area contributed by atoms with Gasteiger partial charge in [0.15, 0.2) is 8.32 Å². The third kappa shape index (κ3) is 5.96. The zero-order chi connectivity index (χ0) is 19.6. The van der Waals surface area contributed by atoms with Gasteiger partial charge in [-0.15, -0.1) is 0 Å². The molecule has 0 aromatic rings. The fourth-order valence-corrected chi connectivity index (χ4v) is 4.32. The van der Waals surface area contributed by atoms with Crippen molar-refractivity contribution in [2.24, 2.45) is 0 Å². The first-order valence-corrected chi connectivity index (χ1v) is 12.5. The first-order valence-electron chi connectivity index (χ1n) is 9.59. The van der Waals surface area contributed by atoms with Gasteiger partial charge in [-0.05, 0) is 58.8 Å². The average molecular weight is 373 g/mol. The monoisotopic (exact) mass is 372 g/mol. The number of rotatable bonds is 5. The van der Waals surface area contributed by atoms with E-state index in [1.165, 1.54) is 0 Å². The molecule has 0 aromatic heterocycles. The van der Waals surface area contributed by atoms with E-state index in [0.717, 1.165) is 19.5 Å². The van der Waals surface area contributed by atoms with E-state index in [9.17, 15) is 4.79 Å². The quantitative estimate of drug-likeness (QED) is 0.728. The highest BCUT2D eigenvalue weighted by atomic mass is 28.4. The molecule has 0 radical (unpaired) electrons. The Labute approximate surface area is 156 Å². The smallest absolute Gasteiger partial charge is 0.410 e. The fraction of sp³-hybridized carbons (Fsp3) is 0.947. The second kappa shape index (κ2) is 7.97. The minimum atomic E-state index is -1.88. The van der Waals surface area contributed by atoms with Gasteiger partial charge in [0, 0.05) is 6.54 Å². The molecule has 5 nitrogen and oxygen atoms in total. The molecule has 0 aromatic carbocycles. The van der Waals surface area contributed by atoms with Gasteiger partial charge < -0.3 is 14.5 Å². The van der Waals surface area contributed by atoms with E-state index in [-0.39, 0.29) is 29.3 Å². The highest BCUT2D eigenvalue weighted by Gasteiger charge is 2.47. The van der Waals surface area contributed by atoms with Gasteiger partial charge in [0.1, 0.15) is 5.60 Å². The largest absolute Gasteiger partial charge is 0.444 e. The first-order chi connectivity index (χ1) is 11.2. The maximum absolute atomic E-state index is 12.8. The topological polar surface area (TPSA) is 50.8 Å². The third-order valence-corrected chi connectivity index (χ3v) is 9.87. The molecule has 1 rings (SSSR count). The van der Waals surface area contributed by atoms with E-state index in [1.807, 2.05) is 25.7 Å². The standard InChI is InChI=1S/C19H40N2O3Si/c1-11-20-13-15-12-16(24-25(9,10)19(6,7)8)14(2)21(15)17(22)23-18(3,4)5/h14-16,20H,11-13H2,1-10H3/t14-,15+,16-/m1/s1. The Morgan fingerprint density at radius 2 is 1.76 bits per heavy atom. The Bertz CT molecular complexity index is 455. The lowest BCUT2D eigenvalue weighted by Crippen LogP contribution is -2.49. The van der Waals surface area contributed by atoms with Crippen molar-refractivity contribution < 1.29 is 14.0 Å². The summed E-state index contributed by atoms with van der Waals surface area (Å²) in [5.74, 6) is 0. The number of carbonyl (C=O) groups excluding carboxylic acids is 1. The van der Waals surface area contributed by atoms with Crippen LogP contribution >= 0.6 is 0 Å². The van der Waals surface area contributed by atoms with E-state index in [1.54, 1.807) is 0 Å². The van der Waals surface area contributed by atoms with Gasteiger partial charge in [0.25, 0.3) is 0 Å². The molecular formula is C19H40N2O3Si. The van der Waals surface area contributed by atoms with Crippen LogP contribution in [0, 0.1) is 0 Å². The Hall–Kier alpha value is -0.593. The number of likely N-dealkylation sites (tertiary alicyclic amines) is 1. The van der Waals surface area contributed by atoms with Gasteiger partial charge in [0.2, 0.25) is 0 Å². The highest BCUT2D eigenvalue weighted by Crippen LogP contribution is 2.40. The molecule has 0 bridgehead atoms. The van der Waals surface area contributed by atoms with E-state index in [2.05, 4.69) is 53.0 Å². The zero-order valence-electron chi connectivity index (χ0n) is 18.0. The Balaban J connectivity index is 2.96. The minimum Gasteiger partial charge on any atom is -0.444 e. The molecule has 0 unspecified atom stereocenters. The van der Waals surface area contributed by atoms with Crippen molar-refractivity contribution >= 4 is 14.4 Å². The van der Waals surface area contributed by atoms with E-state index in [0.29, 0.717) is 0 Å². The Morgan fingerprint density at radius 3 is 2.20 bits per heavy atom. The van der Waals surface area contributed by atoms with Gasteiger partial charge >= 0.3 is 6.09 Å². The summed E-state index contributed by atoms with van der Waals surface area (Å²) in [7, 11) is -1.88. The third-order valence-electron chi connectivity index (χ3n) is 5.36. The molecular weight excluding hydrogens is 332 g/mol. The second-order valence-corrected chi connectivity index (χ2v) is 14.5. The molecule has 0 aliphatic carbocycles. The molecule has 3 atom stereocenters.